The summed E-state index contributed by atoms with van der Waals surface area (Å²) in [6.07, 6.45) is 0.532. The molecule has 3 aromatic rings. The highest BCUT2D eigenvalue weighted by molar-refractivity contribution is 6.61. The van der Waals surface area contributed by atoms with Gasteiger partial charge < -0.3 is 19.1 Å². The molecule has 3 aliphatic heterocycles. The number of fused-ring (bicyclic) bond motifs is 2. The largest absolute Gasteiger partial charge is 0.516 e. The third-order valence-electron chi connectivity index (χ3n) is 8.39. The number of rotatable bonds is 4. The zero-order chi connectivity index (χ0) is 26.1. The highest BCUT2D eigenvalue weighted by Crippen LogP contribution is 2.39. The fourth-order valence-corrected chi connectivity index (χ4v) is 5.41. The maximum atomic E-state index is 15.2. The van der Waals surface area contributed by atoms with Crippen LogP contribution in [-0.2, 0) is 9.31 Å². The van der Waals surface area contributed by atoms with Crippen LogP contribution in [0.3, 0.4) is 0 Å². The first-order chi connectivity index (χ1) is 17.6. The van der Waals surface area contributed by atoms with Gasteiger partial charge in [-0.2, -0.15) is 9.61 Å². The third-order valence-corrected chi connectivity index (χ3v) is 8.39. The second kappa shape index (κ2) is 8.53. The average molecular weight is 505 g/mol. The van der Waals surface area contributed by atoms with Crippen molar-refractivity contribution in [3.63, 3.8) is 0 Å². The molecular formula is C27H33BFN5O3. The minimum absolute atomic E-state index is 0.0126. The number of anilines is 1. The molecule has 37 heavy (non-hydrogen) atoms. The van der Waals surface area contributed by atoms with E-state index in [1.54, 1.807) is 15.5 Å². The van der Waals surface area contributed by atoms with Crippen LogP contribution in [0.4, 0.5) is 10.2 Å². The van der Waals surface area contributed by atoms with Gasteiger partial charge in [0, 0.05) is 25.2 Å². The molecule has 1 aromatic carbocycles. The number of carbonyl (C=O) groups is 1. The summed E-state index contributed by atoms with van der Waals surface area (Å²) in [6, 6.07) is 10.9. The molecule has 6 rings (SSSR count). The van der Waals surface area contributed by atoms with Crippen LogP contribution in [0.2, 0.25) is 0 Å². The standard InChI is InChI=1S/C27H33BFN5O3/c1-6-21-18-11-8-7-10-17(18)19(29)16-33(21)25(35)20-14-24(32-12-9-13-32)34-23(30-20)15-22(31-34)28-36-26(2,3)27(4,5)37-28/h7-8,10-11,14-15,19,21H,6,9,12-13,16H2,1-5H3/t19?,21-/m1/s1. The summed E-state index contributed by atoms with van der Waals surface area (Å²) < 4.78 is 29.4. The van der Waals surface area contributed by atoms with E-state index in [4.69, 9.17) is 19.4 Å². The Hall–Kier alpha value is -2.98. The summed E-state index contributed by atoms with van der Waals surface area (Å²) >= 11 is 0. The van der Waals surface area contributed by atoms with Gasteiger partial charge in [0.15, 0.2) is 5.65 Å². The lowest BCUT2D eigenvalue weighted by Gasteiger charge is -2.38. The molecule has 3 aliphatic rings. The highest BCUT2D eigenvalue weighted by Gasteiger charge is 2.53. The van der Waals surface area contributed by atoms with Crippen molar-refractivity contribution in [2.75, 3.05) is 24.5 Å². The number of hydrogen-bond acceptors (Lipinski definition) is 6. The quantitative estimate of drug-likeness (QED) is 0.502. The maximum Gasteiger partial charge on any atom is 0.516 e. The molecule has 5 heterocycles. The first-order valence-electron chi connectivity index (χ1n) is 13.1. The van der Waals surface area contributed by atoms with Crippen LogP contribution in [0, 0.1) is 0 Å². The van der Waals surface area contributed by atoms with E-state index in [1.807, 2.05) is 65.0 Å². The van der Waals surface area contributed by atoms with Crippen molar-refractivity contribution in [3.8, 4) is 0 Å². The van der Waals surface area contributed by atoms with Gasteiger partial charge >= 0.3 is 7.12 Å². The first kappa shape index (κ1) is 24.4. The van der Waals surface area contributed by atoms with Crippen LogP contribution in [0.15, 0.2) is 36.4 Å². The fourth-order valence-electron chi connectivity index (χ4n) is 5.41. The lowest BCUT2D eigenvalue weighted by Crippen LogP contribution is -2.42. The van der Waals surface area contributed by atoms with Crippen molar-refractivity contribution in [1.82, 2.24) is 19.5 Å². The fraction of sp³-hybridized carbons (Fsp3) is 0.519. The van der Waals surface area contributed by atoms with Crippen molar-refractivity contribution in [1.29, 1.82) is 0 Å². The Morgan fingerprint density at radius 3 is 2.41 bits per heavy atom. The molecule has 10 heteroatoms. The van der Waals surface area contributed by atoms with Gasteiger partial charge in [0.2, 0.25) is 0 Å². The van der Waals surface area contributed by atoms with Crippen LogP contribution in [0.1, 0.15) is 81.3 Å². The lowest BCUT2D eigenvalue weighted by atomic mass is 9.85. The molecule has 8 nitrogen and oxygen atoms in total. The normalized spacial score (nSPS) is 24.3. The van der Waals surface area contributed by atoms with E-state index in [2.05, 4.69) is 4.90 Å². The molecule has 2 atom stereocenters. The highest BCUT2D eigenvalue weighted by atomic mass is 19.1. The third kappa shape index (κ3) is 3.84. The molecule has 1 amide bonds. The molecule has 0 N–H and O–H groups in total. The molecule has 1 unspecified atom stereocenters. The number of halogens is 1. The van der Waals surface area contributed by atoms with Gasteiger partial charge in [-0.05, 0) is 51.7 Å². The smallest absolute Gasteiger partial charge is 0.398 e. The molecule has 194 valence electrons. The van der Waals surface area contributed by atoms with E-state index in [0.717, 1.165) is 30.9 Å². The van der Waals surface area contributed by atoms with Gasteiger partial charge in [-0.3, -0.25) is 4.79 Å². The van der Waals surface area contributed by atoms with Crippen molar-refractivity contribution in [2.24, 2.45) is 0 Å². The minimum atomic E-state index is -1.23. The summed E-state index contributed by atoms with van der Waals surface area (Å²) in [5, 5.41) is 4.79. The summed E-state index contributed by atoms with van der Waals surface area (Å²) in [7, 11) is -0.634. The SMILES string of the molecule is CC[C@@H]1c2ccccc2C(F)CN1C(=O)c1cc(N2CCC2)n2nc(B3OC(C)(C)C(C)(C)O3)cc2n1. The molecule has 2 aromatic heterocycles. The Morgan fingerprint density at radius 2 is 1.78 bits per heavy atom. The number of hydrogen-bond donors (Lipinski definition) is 0. The number of amides is 1. The minimum Gasteiger partial charge on any atom is -0.398 e. The number of benzene rings is 1. The Balaban J connectivity index is 1.39. The number of aromatic nitrogens is 3. The molecular weight excluding hydrogens is 472 g/mol. The van der Waals surface area contributed by atoms with Crippen LogP contribution in [-0.4, -0.2) is 63.4 Å². The van der Waals surface area contributed by atoms with Gasteiger partial charge in [-0.25, -0.2) is 9.37 Å². The maximum absolute atomic E-state index is 15.2. The van der Waals surface area contributed by atoms with Crippen LogP contribution in [0.5, 0.6) is 0 Å². The first-order valence-corrected chi connectivity index (χ1v) is 13.1. The Morgan fingerprint density at radius 1 is 1.11 bits per heavy atom. The predicted molar refractivity (Wildman–Crippen MR) is 140 cm³/mol. The van der Waals surface area contributed by atoms with E-state index in [-0.39, 0.29) is 18.5 Å². The summed E-state index contributed by atoms with van der Waals surface area (Å²) in [4.78, 5) is 22.4. The molecule has 0 aliphatic carbocycles. The van der Waals surface area contributed by atoms with Gasteiger partial charge in [0.1, 0.15) is 17.7 Å². The molecule has 2 fully saturated rings. The van der Waals surface area contributed by atoms with Crippen molar-refractivity contribution in [3.05, 3.63) is 53.2 Å². The molecule has 0 saturated carbocycles. The van der Waals surface area contributed by atoms with Crippen molar-refractivity contribution in [2.45, 2.75) is 70.9 Å². The van der Waals surface area contributed by atoms with E-state index >= 15 is 4.39 Å². The Kier molecular flexibility index (Phi) is 5.62. The van der Waals surface area contributed by atoms with Crippen LogP contribution >= 0.6 is 0 Å². The van der Waals surface area contributed by atoms with Gasteiger partial charge in [-0.1, -0.05) is 31.2 Å². The van der Waals surface area contributed by atoms with Crippen LogP contribution < -0.4 is 10.5 Å². The van der Waals surface area contributed by atoms with E-state index in [9.17, 15) is 4.79 Å². The monoisotopic (exact) mass is 505 g/mol. The number of alkyl halides is 1. The van der Waals surface area contributed by atoms with Gasteiger partial charge in [0.25, 0.3) is 5.91 Å². The van der Waals surface area contributed by atoms with Gasteiger partial charge in [-0.15, -0.1) is 0 Å². The topological polar surface area (TPSA) is 72.2 Å². The second-order valence-electron chi connectivity index (χ2n) is 11.2. The predicted octanol–water partition coefficient (Wildman–Crippen LogP) is 3.86. The second-order valence-corrected chi connectivity index (χ2v) is 11.2. The molecule has 0 spiro atoms. The number of nitrogens with zero attached hydrogens (tertiary/aromatic N) is 5. The van der Waals surface area contributed by atoms with E-state index < -0.39 is 24.5 Å². The lowest BCUT2D eigenvalue weighted by molar-refractivity contribution is 0.00578. The molecule has 0 bridgehead atoms. The zero-order valence-electron chi connectivity index (χ0n) is 22.1. The zero-order valence-corrected chi connectivity index (χ0v) is 22.1. The Bertz CT molecular complexity index is 1360. The van der Waals surface area contributed by atoms with Crippen molar-refractivity contribution >= 4 is 30.1 Å². The van der Waals surface area contributed by atoms with Crippen LogP contribution in [0.25, 0.3) is 5.65 Å². The Labute approximate surface area is 216 Å². The summed E-state index contributed by atoms with van der Waals surface area (Å²) in [6.45, 7) is 11.8. The average Bonchev–Trinajstić information content (AvgIpc) is 3.35. The summed E-state index contributed by atoms with van der Waals surface area (Å²) in [5.74, 6) is 0.524. The number of carbonyl (C=O) groups excluding carboxylic acids is 1. The van der Waals surface area contributed by atoms with E-state index in [0.29, 0.717) is 28.9 Å². The van der Waals surface area contributed by atoms with E-state index in [1.165, 1.54) is 0 Å². The molecule has 0 radical (unpaired) electrons. The molecule has 2 saturated heterocycles. The van der Waals surface area contributed by atoms with Gasteiger partial charge in [0.05, 0.1) is 29.4 Å². The van der Waals surface area contributed by atoms with Crippen molar-refractivity contribution < 1.29 is 18.5 Å². The summed E-state index contributed by atoms with van der Waals surface area (Å²) in [5.41, 5.74) is 1.99.